The van der Waals surface area contributed by atoms with Gasteiger partial charge in [-0.15, -0.1) is 11.3 Å². The van der Waals surface area contributed by atoms with E-state index in [1.807, 2.05) is 6.08 Å². The van der Waals surface area contributed by atoms with Gasteiger partial charge < -0.3 is 5.11 Å². The summed E-state index contributed by atoms with van der Waals surface area (Å²) in [4.78, 5) is 1.31. The maximum absolute atomic E-state index is 8.72. The van der Waals surface area contributed by atoms with Gasteiger partial charge in [0.25, 0.3) is 0 Å². The fourth-order valence-electron chi connectivity index (χ4n) is 1.60. The van der Waals surface area contributed by atoms with Crippen molar-refractivity contribution in [1.29, 1.82) is 0 Å². The number of hydrogen-bond donors (Lipinski definition) is 1. The third-order valence-corrected chi connectivity index (χ3v) is 3.38. The molecule has 2 heteroatoms. The highest BCUT2D eigenvalue weighted by Gasteiger charge is 2.00. The van der Waals surface area contributed by atoms with Crippen LogP contribution in [-0.2, 0) is 6.42 Å². The van der Waals surface area contributed by atoms with Gasteiger partial charge in [-0.25, -0.2) is 0 Å². The Bertz CT molecular complexity index is 288. The molecule has 0 atom stereocenters. The maximum atomic E-state index is 8.72. The van der Waals surface area contributed by atoms with E-state index in [2.05, 4.69) is 18.4 Å². The van der Waals surface area contributed by atoms with Crippen LogP contribution in [0.15, 0.2) is 17.5 Å². The molecule has 0 aromatic carbocycles. The fourth-order valence-corrected chi connectivity index (χ4v) is 2.48. The van der Waals surface area contributed by atoms with E-state index in [1.165, 1.54) is 42.5 Å². The molecule has 1 nitrogen and oxygen atoms in total. The Kier molecular flexibility index (Phi) is 6.37. The number of aliphatic hydroxyl groups is 1. The van der Waals surface area contributed by atoms with E-state index in [1.54, 1.807) is 17.4 Å². The molecule has 0 fully saturated rings. The van der Waals surface area contributed by atoms with Crippen LogP contribution in [0.1, 0.15) is 43.0 Å². The molecule has 1 rings (SSSR count). The Morgan fingerprint density at radius 2 is 2.20 bits per heavy atom. The van der Waals surface area contributed by atoms with Crippen molar-refractivity contribution in [1.82, 2.24) is 0 Å². The molecule has 0 spiro atoms. The lowest BCUT2D eigenvalue weighted by Gasteiger charge is -2.00. The number of aryl methyl sites for hydroxylation is 1. The van der Waals surface area contributed by atoms with Crippen LogP contribution in [0.2, 0.25) is 0 Å². The molecule has 15 heavy (non-hydrogen) atoms. The van der Waals surface area contributed by atoms with Crippen LogP contribution in [-0.4, -0.2) is 11.7 Å². The minimum atomic E-state index is 0.132. The number of thiophene rings is 1. The van der Waals surface area contributed by atoms with Gasteiger partial charge >= 0.3 is 0 Å². The summed E-state index contributed by atoms with van der Waals surface area (Å²) < 4.78 is 0. The molecular weight excluding hydrogens is 204 g/mol. The molecule has 0 unspecified atom stereocenters. The van der Waals surface area contributed by atoms with Crippen LogP contribution in [0.3, 0.4) is 0 Å². The van der Waals surface area contributed by atoms with Crippen molar-refractivity contribution in [2.75, 3.05) is 6.61 Å². The van der Waals surface area contributed by atoms with Gasteiger partial charge in [0.05, 0.1) is 6.61 Å². The first kappa shape index (κ1) is 12.5. The smallest absolute Gasteiger partial charge is 0.0615 e. The van der Waals surface area contributed by atoms with Crippen molar-refractivity contribution >= 4 is 17.4 Å². The van der Waals surface area contributed by atoms with Crippen LogP contribution >= 0.6 is 11.3 Å². The zero-order valence-corrected chi connectivity index (χ0v) is 10.2. The summed E-state index contributed by atoms with van der Waals surface area (Å²) >= 11 is 1.76. The first-order valence-corrected chi connectivity index (χ1v) is 6.60. The van der Waals surface area contributed by atoms with E-state index >= 15 is 0 Å². The zero-order chi connectivity index (χ0) is 10.9. The minimum Gasteiger partial charge on any atom is -0.392 e. The number of hydrogen-bond acceptors (Lipinski definition) is 2. The van der Waals surface area contributed by atoms with Crippen LogP contribution in [0.5, 0.6) is 0 Å². The van der Waals surface area contributed by atoms with E-state index in [9.17, 15) is 0 Å². The molecule has 0 amide bonds. The average Bonchev–Trinajstić information content (AvgIpc) is 2.69. The third kappa shape index (κ3) is 4.63. The number of unbranched alkanes of at least 4 members (excludes halogenated alkanes) is 3. The molecule has 0 saturated carbocycles. The molecule has 0 bridgehead atoms. The minimum absolute atomic E-state index is 0.132. The summed E-state index contributed by atoms with van der Waals surface area (Å²) in [5.41, 5.74) is 1.43. The van der Waals surface area contributed by atoms with Gasteiger partial charge in [-0.3, -0.25) is 0 Å². The second kappa shape index (κ2) is 7.66. The van der Waals surface area contributed by atoms with E-state index in [-0.39, 0.29) is 6.61 Å². The van der Waals surface area contributed by atoms with Crippen molar-refractivity contribution < 1.29 is 5.11 Å². The summed E-state index contributed by atoms with van der Waals surface area (Å²) in [6.07, 6.45) is 10.3. The quantitative estimate of drug-likeness (QED) is 0.697. The van der Waals surface area contributed by atoms with Crippen molar-refractivity contribution in [2.45, 2.75) is 39.0 Å². The predicted molar refractivity (Wildman–Crippen MR) is 68.3 cm³/mol. The molecule has 1 aromatic heterocycles. The van der Waals surface area contributed by atoms with Gasteiger partial charge in [-0.05, 0) is 35.9 Å². The Hall–Kier alpha value is -0.600. The number of aliphatic hydroxyl groups excluding tert-OH is 1. The highest BCUT2D eigenvalue weighted by Crippen LogP contribution is 2.20. The first-order valence-electron chi connectivity index (χ1n) is 5.72. The van der Waals surface area contributed by atoms with Gasteiger partial charge in [-0.1, -0.05) is 32.3 Å². The van der Waals surface area contributed by atoms with Crippen molar-refractivity contribution in [3.05, 3.63) is 28.0 Å². The van der Waals surface area contributed by atoms with Crippen LogP contribution < -0.4 is 0 Å². The molecule has 1 aromatic rings. The average molecular weight is 224 g/mol. The monoisotopic (exact) mass is 224 g/mol. The molecule has 0 aliphatic rings. The Morgan fingerprint density at radius 3 is 2.93 bits per heavy atom. The van der Waals surface area contributed by atoms with Crippen LogP contribution in [0.4, 0.5) is 0 Å². The Labute approximate surface area is 96.5 Å². The second-order valence-electron chi connectivity index (χ2n) is 3.71. The Morgan fingerprint density at radius 1 is 1.33 bits per heavy atom. The third-order valence-electron chi connectivity index (χ3n) is 2.46. The standard InChI is InChI=1S/C13H20OS/c1-2-3-4-5-7-12-9-11-15-13(12)8-6-10-14/h6,8-9,11,14H,2-5,7,10H2,1H3. The first-order chi connectivity index (χ1) is 7.38. The van der Waals surface area contributed by atoms with Gasteiger partial charge in [0, 0.05) is 4.88 Å². The molecule has 84 valence electrons. The second-order valence-corrected chi connectivity index (χ2v) is 4.65. The highest BCUT2D eigenvalue weighted by atomic mass is 32.1. The predicted octanol–water partition coefficient (Wildman–Crippen LogP) is 3.88. The lowest BCUT2D eigenvalue weighted by Crippen LogP contribution is -1.85. The van der Waals surface area contributed by atoms with E-state index < -0.39 is 0 Å². The summed E-state index contributed by atoms with van der Waals surface area (Å²) in [5, 5.41) is 10.9. The van der Waals surface area contributed by atoms with E-state index in [4.69, 9.17) is 5.11 Å². The lowest BCUT2D eigenvalue weighted by molar-refractivity contribution is 0.343. The highest BCUT2D eigenvalue weighted by molar-refractivity contribution is 7.11. The number of rotatable bonds is 7. The largest absolute Gasteiger partial charge is 0.392 e. The summed E-state index contributed by atoms with van der Waals surface area (Å²) in [6.45, 7) is 2.37. The molecule has 0 saturated heterocycles. The maximum Gasteiger partial charge on any atom is 0.0615 e. The van der Waals surface area contributed by atoms with E-state index in [0.29, 0.717) is 0 Å². The van der Waals surface area contributed by atoms with Crippen molar-refractivity contribution in [3.8, 4) is 0 Å². The lowest BCUT2D eigenvalue weighted by atomic mass is 10.1. The van der Waals surface area contributed by atoms with E-state index in [0.717, 1.165) is 0 Å². The molecule has 0 aliphatic heterocycles. The van der Waals surface area contributed by atoms with Gasteiger partial charge in [-0.2, -0.15) is 0 Å². The van der Waals surface area contributed by atoms with Crippen molar-refractivity contribution in [2.24, 2.45) is 0 Å². The zero-order valence-electron chi connectivity index (χ0n) is 9.41. The summed E-state index contributed by atoms with van der Waals surface area (Å²) in [6, 6.07) is 2.20. The van der Waals surface area contributed by atoms with Crippen molar-refractivity contribution in [3.63, 3.8) is 0 Å². The molecule has 0 aliphatic carbocycles. The van der Waals surface area contributed by atoms with Crippen LogP contribution in [0.25, 0.3) is 6.08 Å². The van der Waals surface area contributed by atoms with Crippen LogP contribution in [0, 0.1) is 0 Å². The molecule has 0 radical (unpaired) electrons. The molecular formula is C13H20OS. The summed E-state index contributed by atoms with van der Waals surface area (Å²) in [7, 11) is 0. The molecule has 1 heterocycles. The summed E-state index contributed by atoms with van der Waals surface area (Å²) in [5.74, 6) is 0. The normalized spacial score (nSPS) is 11.3. The van der Waals surface area contributed by atoms with Gasteiger partial charge in [0.15, 0.2) is 0 Å². The van der Waals surface area contributed by atoms with Gasteiger partial charge in [0.2, 0.25) is 0 Å². The fraction of sp³-hybridized carbons (Fsp3) is 0.538. The van der Waals surface area contributed by atoms with Gasteiger partial charge in [0.1, 0.15) is 0 Å². The molecule has 1 N–H and O–H groups in total. The topological polar surface area (TPSA) is 20.2 Å². The SMILES string of the molecule is CCCCCCc1ccsc1C=CCO. The Balaban J connectivity index is 2.39.